The van der Waals surface area contributed by atoms with Gasteiger partial charge in [-0.2, -0.15) is 0 Å². The van der Waals surface area contributed by atoms with Crippen LogP contribution in [0.5, 0.6) is 0 Å². The predicted octanol–water partition coefficient (Wildman–Crippen LogP) is 3.82. The van der Waals surface area contributed by atoms with Crippen LogP contribution in [0, 0.1) is 0 Å². The van der Waals surface area contributed by atoms with Gasteiger partial charge in [-0.15, -0.1) is 0 Å². The zero-order chi connectivity index (χ0) is 13.1. The van der Waals surface area contributed by atoms with Crippen molar-refractivity contribution in [3.8, 4) is 0 Å². The highest BCUT2D eigenvalue weighted by Gasteiger charge is 2.23. The van der Waals surface area contributed by atoms with Crippen LogP contribution in [0.4, 0.5) is 5.82 Å². The van der Waals surface area contributed by atoms with Crippen LogP contribution in [0.3, 0.4) is 0 Å². The van der Waals surface area contributed by atoms with Gasteiger partial charge in [0, 0.05) is 25.1 Å². The van der Waals surface area contributed by atoms with Crippen LogP contribution in [0.1, 0.15) is 46.4 Å². The molecular formula is C13H22BrN3. The van der Waals surface area contributed by atoms with E-state index in [-0.39, 0.29) is 5.54 Å². The van der Waals surface area contributed by atoms with E-state index < -0.39 is 0 Å². The smallest absolute Gasteiger partial charge is 0.133 e. The van der Waals surface area contributed by atoms with Crippen LogP contribution in [0.25, 0.3) is 0 Å². The lowest BCUT2D eigenvalue weighted by atomic mass is 10.0. The number of hydrogen-bond donors (Lipinski definition) is 0. The fourth-order valence-electron chi connectivity index (χ4n) is 1.51. The van der Waals surface area contributed by atoms with Crippen LogP contribution in [-0.4, -0.2) is 22.6 Å². The quantitative estimate of drug-likeness (QED) is 0.774. The fourth-order valence-corrected chi connectivity index (χ4v) is 1.92. The first-order valence-electron chi connectivity index (χ1n) is 6.18. The van der Waals surface area contributed by atoms with Crippen molar-refractivity contribution < 1.29 is 0 Å². The summed E-state index contributed by atoms with van der Waals surface area (Å²) in [6, 6.07) is 1.98. The lowest BCUT2D eigenvalue weighted by molar-refractivity contribution is 0.466. The zero-order valence-electron chi connectivity index (χ0n) is 11.4. The molecule has 0 amide bonds. The van der Waals surface area contributed by atoms with Gasteiger partial charge in [0.05, 0.1) is 0 Å². The molecule has 0 unspecified atom stereocenters. The number of aromatic nitrogens is 2. The lowest BCUT2D eigenvalue weighted by Crippen LogP contribution is -2.41. The molecule has 0 spiro atoms. The SMILES string of the molecule is CCCc1nc(Br)cc(N(C)C(C)(C)CC)n1. The first kappa shape index (κ1) is 14.4. The van der Waals surface area contributed by atoms with E-state index in [1.807, 2.05) is 6.07 Å². The van der Waals surface area contributed by atoms with Gasteiger partial charge in [0.25, 0.3) is 0 Å². The first-order chi connectivity index (χ1) is 7.90. The number of nitrogens with zero attached hydrogens (tertiary/aromatic N) is 3. The molecule has 96 valence electrons. The van der Waals surface area contributed by atoms with Crippen LogP contribution in [0.2, 0.25) is 0 Å². The second-order valence-corrected chi connectivity index (χ2v) is 5.75. The van der Waals surface area contributed by atoms with E-state index in [4.69, 9.17) is 0 Å². The normalized spacial score (nSPS) is 11.6. The summed E-state index contributed by atoms with van der Waals surface area (Å²) in [5.74, 6) is 1.90. The van der Waals surface area contributed by atoms with Crippen molar-refractivity contribution in [3.05, 3.63) is 16.5 Å². The fraction of sp³-hybridized carbons (Fsp3) is 0.692. The zero-order valence-corrected chi connectivity index (χ0v) is 13.0. The summed E-state index contributed by atoms with van der Waals surface area (Å²) < 4.78 is 0.865. The standard InChI is InChI=1S/C13H22BrN3/c1-6-8-11-15-10(14)9-12(16-11)17(5)13(3,4)7-2/h9H,6-8H2,1-5H3. The summed E-state index contributed by atoms with van der Waals surface area (Å²) in [6.45, 7) is 8.79. The van der Waals surface area contributed by atoms with Gasteiger partial charge >= 0.3 is 0 Å². The van der Waals surface area contributed by atoms with Gasteiger partial charge in [0.15, 0.2) is 0 Å². The second kappa shape index (κ2) is 5.80. The number of rotatable bonds is 5. The van der Waals surface area contributed by atoms with Gasteiger partial charge < -0.3 is 4.90 Å². The van der Waals surface area contributed by atoms with Crippen molar-refractivity contribution in [2.75, 3.05) is 11.9 Å². The molecule has 4 heteroatoms. The predicted molar refractivity (Wildman–Crippen MR) is 76.5 cm³/mol. The summed E-state index contributed by atoms with van der Waals surface area (Å²) in [5.41, 5.74) is 0.108. The molecule has 3 nitrogen and oxygen atoms in total. The third-order valence-corrected chi connectivity index (χ3v) is 3.72. The van der Waals surface area contributed by atoms with Gasteiger partial charge in [-0.3, -0.25) is 0 Å². The van der Waals surface area contributed by atoms with Crippen LogP contribution in [-0.2, 0) is 6.42 Å². The van der Waals surface area contributed by atoms with Crippen molar-refractivity contribution in [2.45, 2.75) is 52.5 Å². The lowest BCUT2D eigenvalue weighted by Gasteiger charge is -2.36. The Morgan fingerprint density at radius 3 is 2.47 bits per heavy atom. The van der Waals surface area contributed by atoms with Crippen LogP contribution in [0.15, 0.2) is 10.7 Å². The Hall–Kier alpha value is -0.640. The molecule has 0 aromatic carbocycles. The van der Waals surface area contributed by atoms with E-state index in [2.05, 4.69) is 65.5 Å². The Morgan fingerprint density at radius 1 is 1.29 bits per heavy atom. The van der Waals surface area contributed by atoms with Gasteiger partial charge in [0.1, 0.15) is 16.2 Å². The molecule has 0 bridgehead atoms. The molecule has 0 aliphatic rings. The molecule has 0 saturated carbocycles. The van der Waals surface area contributed by atoms with E-state index in [0.717, 1.165) is 35.5 Å². The van der Waals surface area contributed by atoms with Crippen LogP contribution < -0.4 is 4.90 Å². The Bertz CT molecular complexity index is 377. The molecule has 0 atom stereocenters. The monoisotopic (exact) mass is 299 g/mol. The Labute approximate surface area is 113 Å². The van der Waals surface area contributed by atoms with Crippen molar-refractivity contribution >= 4 is 21.7 Å². The minimum absolute atomic E-state index is 0.108. The Balaban J connectivity index is 3.05. The summed E-state index contributed by atoms with van der Waals surface area (Å²) in [4.78, 5) is 11.2. The molecule has 17 heavy (non-hydrogen) atoms. The maximum absolute atomic E-state index is 4.62. The average Bonchev–Trinajstić information content (AvgIpc) is 2.27. The number of halogens is 1. The van der Waals surface area contributed by atoms with E-state index in [9.17, 15) is 0 Å². The molecule has 0 N–H and O–H groups in total. The van der Waals surface area contributed by atoms with E-state index in [0.29, 0.717) is 0 Å². The van der Waals surface area contributed by atoms with Gasteiger partial charge in [0.2, 0.25) is 0 Å². The molecule has 0 fully saturated rings. The highest BCUT2D eigenvalue weighted by molar-refractivity contribution is 9.10. The molecule has 1 rings (SSSR count). The maximum atomic E-state index is 4.62. The van der Waals surface area contributed by atoms with Gasteiger partial charge in [-0.1, -0.05) is 13.8 Å². The topological polar surface area (TPSA) is 29.0 Å². The largest absolute Gasteiger partial charge is 0.354 e. The molecule has 0 aliphatic carbocycles. The highest BCUT2D eigenvalue weighted by Crippen LogP contribution is 2.25. The minimum Gasteiger partial charge on any atom is -0.354 e. The second-order valence-electron chi connectivity index (χ2n) is 4.94. The maximum Gasteiger partial charge on any atom is 0.133 e. The van der Waals surface area contributed by atoms with Crippen molar-refractivity contribution in [1.29, 1.82) is 0 Å². The first-order valence-corrected chi connectivity index (χ1v) is 6.97. The molecular weight excluding hydrogens is 278 g/mol. The summed E-state index contributed by atoms with van der Waals surface area (Å²) in [5, 5.41) is 0. The van der Waals surface area contributed by atoms with E-state index in [1.54, 1.807) is 0 Å². The van der Waals surface area contributed by atoms with E-state index >= 15 is 0 Å². The minimum atomic E-state index is 0.108. The molecule has 0 radical (unpaired) electrons. The van der Waals surface area contributed by atoms with Crippen molar-refractivity contribution in [3.63, 3.8) is 0 Å². The van der Waals surface area contributed by atoms with Crippen molar-refractivity contribution in [1.82, 2.24) is 9.97 Å². The van der Waals surface area contributed by atoms with Gasteiger partial charge in [-0.05, 0) is 42.6 Å². The van der Waals surface area contributed by atoms with Crippen molar-refractivity contribution in [2.24, 2.45) is 0 Å². The van der Waals surface area contributed by atoms with Gasteiger partial charge in [-0.25, -0.2) is 9.97 Å². The van der Waals surface area contributed by atoms with Crippen LogP contribution >= 0.6 is 15.9 Å². The summed E-state index contributed by atoms with van der Waals surface area (Å²) in [7, 11) is 2.09. The third-order valence-electron chi connectivity index (χ3n) is 3.32. The highest BCUT2D eigenvalue weighted by atomic mass is 79.9. The Kier molecular flexibility index (Phi) is 4.92. The average molecular weight is 300 g/mol. The molecule has 0 saturated heterocycles. The summed E-state index contributed by atoms with van der Waals surface area (Å²) in [6.07, 6.45) is 3.07. The Morgan fingerprint density at radius 2 is 1.94 bits per heavy atom. The molecule has 0 aliphatic heterocycles. The molecule has 1 heterocycles. The third kappa shape index (κ3) is 3.66. The molecule has 1 aromatic heterocycles. The summed E-state index contributed by atoms with van der Waals surface area (Å²) >= 11 is 3.46. The van der Waals surface area contributed by atoms with E-state index in [1.165, 1.54) is 0 Å². The number of hydrogen-bond acceptors (Lipinski definition) is 3. The number of aryl methyl sites for hydroxylation is 1. The molecule has 1 aromatic rings. The number of anilines is 1.